The van der Waals surface area contributed by atoms with Crippen LogP contribution in [0.5, 0.6) is 0 Å². The SMILES string of the molecule is C=C(N)c1ccn(CC)c1CC. The summed E-state index contributed by atoms with van der Waals surface area (Å²) in [7, 11) is 0. The van der Waals surface area contributed by atoms with Gasteiger partial charge in [-0.05, 0) is 19.4 Å². The highest BCUT2D eigenvalue weighted by atomic mass is 15.0. The fourth-order valence-electron chi connectivity index (χ4n) is 1.49. The van der Waals surface area contributed by atoms with Gasteiger partial charge < -0.3 is 10.3 Å². The maximum atomic E-state index is 5.65. The zero-order chi connectivity index (χ0) is 9.14. The Morgan fingerprint density at radius 1 is 1.58 bits per heavy atom. The van der Waals surface area contributed by atoms with E-state index >= 15 is 0 Å². The van der Waals surface area contributed by atoms with E-state index in [2.05, 4.69) is 31.2 Å². The zero-order valence-corrected chi connectivity index (χ0v) is 7.80. The molecule has 2 nitrogen and oxygen atoms in total. The van der Waals surface area contributed by atoms with Crippen LogP contribution >= 0.6 is 0 Å². The number of nitrogens with zero attached hydrogens (tertiary/aromatic N) is 1. The predicted octanol–water partition coefficient (Wildman–Crippen LogP) is 2.00. The zero-order valence-electron chi connectivity index (χ0n) is 7.80. The fourth-order valence-corrected chi connectivity index (χ4v) is 1.49. The molecule has 2 N–H and O–H groups in total. The lowest BCUT2D eigenvalue weighted by molar-refractivity contribution is 0.720. The highest BCUT2D eigenvalue weighted by molar-refractivity contribution is 5.62. The molecular formula is C10H16N2. The molecule has 0 saturated heterocycles. The molecule has 0 atom stereocenters. The minimum absolute atomic E-state index is 0.666. The largest absolute Gasteiger partial charge is 0.399 e. The van der Waals surface area contributed by atoms with Gasteiger partial charge in [0.2, 0.25) is 0 Å². The minimum Gasteiger partial charge on any atom is -0.399 e. The molecule has 0 amide bonds. The first-order valence-electron chi connectivity index (χ1n) is 4.33. The van der Waals surface area contributed by atoms with Crippen LogP contribution in [0.25, 0.3) is 5.70 Å². The monoisotopic (exact) mass is 164 g/mol. The number of nitrogens with two attached hydrogens (primary N) is 1. The van der Waals surface area contributed by atoms with Crippen molar-refractivity contribution in [3.05, 3.63) is 30.1 Å². The predicted molar refractivity (Wildman–Crippen MR) is 52.7 cm³/mol. The van der Waals surface area contributed by atoms with Gasteiger partial charge in [0.25, 0.3) is 0 Å². The van der Waals surface area contributed by atoms with Crippen molar-refractivity contribution in [1.29, 1.82) is 0 Å². The summed E-state index contributed by atoms with van der Waals surface area (Å²) in [6, 6.07) is 2.03. The molecule has 0 aliphatic rings. The van der Waals surface area contributed by atoms with Crippen LogP contribution < -0.4 is 5.73 Å². The lowest BCUT2D eigenvalue weighted by Crippen LogP contribution is -2.02. The molecule has 1 aromatic heterocycles. The Morgan fingerprint density at radius 2 is 2.25 bits per heavy atom. The average Bonchev–Trinajstić information content (AvgIpc) is 2.46. The van der Waals surface area contributed by atoms with Crippen molar-refractivity contribution in [2.24, 2.45) is 5.73 Å². The smallest absolute Gasteiger partial charge is 0.0332 e. The molecule has 1 aromatic rings. The summed E-state index contributed by atoms with van der Waals surface area (Å²) in [5.74, 6) is 0. The second kappa shape index (κ2) is 3.48. The van der Waals surface area contributed by atoms with Crippen molar-refractivity contribution in [3.8, 4) is 0 Å². The Labute approximate surface area is 73.7 Å². The van der Waals surface area contributed by atoms with E-state index in [0.29, 0.717) is 5.70 Å². The van der Waals surface area contributed by atoms with E-state index in [-0.39, 0.29) is 0 Å². The van der Waals surface area contributed by atoms with Gasteiger partial charge in [0.05, 0.1) is 0 Å². The molecule has 0 aliphatic heterocycles. The molecule has 12 heavy (non-hydrogen) atoms. The Bertz CT molecular complexity index is 284. The first-order valence-corrected chi connectivity index (χ1v) is 4.33. The summed E-state index contributed by atoms with van der Waals surface area (Å²) in [4.78, 5) is 0. The molecule has 0 spiro atoms. The second-order valence-corrected chi connectivity index (χ2v) is 2.84. The van der Waals surface area contributed by atoms with Crippen molar-refractivity contribution in [1.82, 2.24) is 4.57 Å². The second-order valence-electron chi connectivity index (χ2n) is 2.84. The summed E-state index contributed by atoms with van der Waals surface area (Å²) in [5.41, 5.74) is 8.70. The van der Waals surface area contributed by atoms with Crippen LogP contribution in [0.4, 0.5) is 0 Å². The average molecular weight is 164 g/mol. The highest BCUT2D eigenvalue weighted by Crippen LogP contribution is 2.16. The van der Waals surface area contributed by atoms with Crippen LogP contribution in [0.15, 0.2) is 18.8 Å². The van der Waals surface area contributed by atoms with Gasteiger partial charge in [0.1, 0.15) is 0 Å². The maximum Gasteiger partial charge on any atom is 0.0332 e. The number of aryl methyl sites for hydroxylation is 1. The highest BCUT2D eigenvalue weighted by Gasteiger charge is 2.06. The molecule has 0 radical (unpaired) electrons. The van der Waals surface area contributed by atoms with E-state index in [9.17, 15) is 0 Å². The van der Waals surface area contributed by atoms with Gasteiger partial charge in [-0.1, -0.05) is 13.5 Å². The van der Waals surface area contributed by atoms with Crippen molar-refractivity contribution in [3.63, 3.8) is 0 Å². The summed E-state index contributed by atoms with van der Waals surface area (Å²) in [6.45, 7) is 9.00. The van der Waals surface area contributed by atoms with Gasteiger partial charge in [0.15, 0.2) is 0 Å². The van der Waals surface area contributed by atoms with Crippen molar-refractivity contribution in [2.45, 2.75) is 26.8 Å². The van der Waals surface area contributed by atoms with E-state index in [1.165, 1.54) is 5.69 Å². The first-order chi connectivity index (χ1) is 5.70. The molecule has 1 rings (SSSR count). The van der Waals surface area contributed by atoms with Gasteiger partial charge >= 0.3 is 0 Å². The fraction of sp³-hybridized carbons (Fsp3) is 0.400. The summed E-state index contributed by atoms with van der Waals surface area (Å²) < 4.78 is 2.20. The Kier molecular flexibility index (Phi) is 2.58. The van der Waals surface area contributed by atoms with Gasteiger partial charge in [-0.15, -0.1) is 0 Å². The van der Waals surface area contributed by atoms with Crippen molar-refractivity contribution in [2.75, 3.05) is 0 Å². The summed E-state index contributed by atoms with van der Waals surface area (Å²) >= 11 is 0. The molecule has 2 heteroatoms. The van der Waals surface area contributed by atoms with Crippen LogP contribution in [-0.2, 0) is 13.0 Å². The Hall–Kier alpha value is -1.18. The number of hydrogen-bond donors (Lipinski definition) is 1. The third-order valence-electron chi connectivity index (χ3n) is 2.10. The number of hydrogen-bond acceptors (Lipinski definition) is 1. The van der Waals surface area contributed by atoms with Crippen LogP contribution in [0.2, 0.25) is 0 Å². The Morgan fingerprint density at radius 3 is 2.67 bits per heavy atom. The third-order valence-corrected chi connectivity index (χ3v) is 2.10. The molecule has 1 heterocycles. The van der Waals surface area contributed by atoms with E-state index < -0.39 is 0 Å². The lowest BCUT2D eigenvalue weighted by Gasteiger charge is -2.06. The third kappa shape index (κ3) is 1.37. The molecule has 0 fully saturated rings. The maximum absolute atomic E-state index is 5.65. The van der Waals surface area contributed by atoms with Crippen LogP contribution in [0, 0.1) is 0 Å². The van der Waals surface area contributed by atoms with Crippen LogP contribution in [0.3, 0.4) is 0 Å². The molecule has 66 valence electrons. The van der Waals surface area contributed by atoms with E-state index in [4.69, 9.17) is 5.73 Å². The number of aromatic nitrogens is 1. The van der Waals surface area contributed by atoms with Crippen LogP contribution in [0.1, 0.15) is 25.1 Å². The van der Waals surface area contributed by atoms with E-state index in [1.807, 2.05) is 6.07 Å². The summed E-state index contributed by atoms with van der Waals surface area (Å²) in [5, 5.41) is 0. The summed E-state index contributed by atoms with van der Waals surface area (Å²) in [6.07, 6.45) is 3.07. The van der Waals surface area contributed by atoms with Crippen molar-refractivity contribution >= 4 is 5.70 Å². The molecule has 0 aliphatic carbocycles. The van der Waals surface area contributed by atoms with Gasteiger partial charge in [-0.2, -0.15) is 0 Å². The standard InChI is InChI=1S/C10H16N2/c1-4-10-9(8(3)11)6-7-12(10)5-2/h6-7H,3-5,11H2,1-2H3. The molecule has 0 unspecified atom stereocenters. The molecule has 0 aromatic carbocycles. The van der Waals surface area contributed by atoms with Gasteiger partial charge in [-0.25, -0.2) is 0 Å². The molecule has 0 saturated carbocycles. The normalized spacial score (nSPS) is 10.2. The minimum atomic E-state index is 0.666. The quantitative estimate of drug-likeness (QED) is 0.727. The van der Waals surface area contributed by atoms with Gasteiger partial charge in [-0.3, -0.25) is 0 Å². The lowest BCUT2D eigenvalue weighted by atomic mass is 10.1. The first kappa shape index (κ1) is 8.91. The van der Waals surface area contributed by atoms with Gasteiger partial charge in [0, 0.05) is 29.7 Å². The van der Waals surface area contributed by atoms with Crippen molar-refractivity contribution < 1.29 is 0 Å². The van der Waals surface area contributed by atoms with Crippen LogP contribution in [-0.4, -0.2) is 4.57 Å². The topological polar surface area (TPSA) is 30.9 Å². The van der Waals surface area contributed by atoms with E-state index in [0.717, 1.165) is 18.5 Å². The molecular weight excluding hydrogens is 148 g/mol. The molecule has 0 bridgehead atoms. The van der Waals surface area contributed by atoms with E-state index in [1.54, 1.807) is 0 Å². The Balaban J connectivity index is 3.13. The number of rotatable bonds is 3.